The summed E-state index contributed by atoms with van der Waals surface area (Å²) in [6.45, 7) is 7.69. The largest absolute Gasteiger partial charge is 0.338 e. The Kier molecular flexibility index (Phi) is 3.20. The molecule has 1 aromatic carbocycles. The SMILES string of the molecule is Cc1cc2cc3n(c2cc1S(C)(=O)=O)CCN=C3C(C)C. The molecule has 0 fully saturated rings. The molecule has 0 N–H and O–H groups in total. The van der Waals surface area contributed by atoms with Crippen LogP contribution in [0.15, 0.2) is 28.1 Å². The van der Waals surface area contributed by atoms with Crippen molar-refractivity contribution in [1.29, 1.82) is 0 Å². The molecule has 4 nitrogen and oxygen atoms in total. The van der Waals surface area contributed by atoms with Crippen LogP contribution in [0.3, 0.4) is 0 Å². The Morgan fingerprint density at radius 3 is 2.57 bits per heavy atom. The first-order valence-electron chi connectivity index (χ1n) is 7.17. The molecular weight excluding hydrogens is 284 g/mol. The van der Waals surface area contributed by atoms with E-state index in [2.05, 4.69) is 29.5 Å². The third-order valence-electron chi connectivity index (χ3n) is 4.01. The number of hydrogen-bond acceptors (Lipinski definition) is 3. The number of aliphatic imine (C=N–C) groups is 1. The van der Waals surface area contributed by atoms with Crippen LogP contribution in [0.2, 0.25) is 0 Å². The third kappa shape index (κ3) is 2.29. The molecule has 2 heterocycles. The molecule has 3 rings (SSSR count). The number of sulfone groups is 1. The van der Waals surface area contributed by atoms with Crippen LogP contribution in [0.5, 0.6) is 0 Å². The fourth-order valence-electron chi connectivity index (χ4n) is 3.09. The third-order valence-corrected chi connectivity index (χ3v) is 5.25. The van der Waals surface area contributed by atoms with Crippen molar-refractivity contribution in [1.82, 2.24) is 4.57 Å². The molecule has 112 valence electrons. The fourth-order valence-corrected chi connectivity index (χ4v) is 4.06. The van der Waals surface area contributed by atoms with Crippen LogP contribution in [0.4, 0.5) is 0 Å². The summed E-state index contributed by atoms with van der Waals surface area (Å²) in [5, 5.41) is 1.09. The Morgan fingerprint density at radius 1 is 1.24 bits per heavy atom. The maximum Gasteiger partial charge on any atom is 0.175 e. The smallest absolute Gasteiger partial charge is 0.175 e. The molecule has 0 aliphatic carbocycles. The van der Waals surface area contributed by atoms with Crippen LogP contribution in [-0.2, 0) is 16.4 Å². The second-order valence-electron chi connectivity index (χ2n) is 6.05. The summed E-state index contributed by atoms with van der Waals surface area (Å²) in [7, 11) is -3.20. The number of aromatic nitrogens is 1. The van der Waals surface area contributed by atoms with Gasteiger partial charge in [-0.1, -0.05) is 13.8 Å². The molecular formula is C16H20N2O2S. The lowest BCUT2D eigenvalue weighted by Crippen LogP contribution is -2.21. The van der Waals surface area contributed by atoms with Crippen molar-refractivity contribution in [2.45, 2.75) is 32.2 Å². The summed E-state index contributed by atoms with van der Waals surface area (Å²) in [6.07, 6.45) is 1.27. The molecule has 2 aromatic rings. The first-order chi connectivity index (χ1) is 9.79. The average Bonchev–Trinajstić information content (AvgIpc) is 2.73. The van der Waals surface area contributed by atoms with Crippen molar-refractivity contribution < 1.29 is 8.42 Å². The van der Waals surface area contributed by atoms with Crippen LogP contribution in [-0.4, -0.2) is 31.5 Å². The van der Waals surface area contributed by atoms with Crippen LogP contribution in [0.1, 0.15) is 25.1 Å². The Hall–Kier alpha value is -1.62. The molecule has 0 saturated heterocycles. The minimum atomic E-state index is -3.20. The van der Waals surface area contributed by atoms with E-state index in [-0.39, 0.29) is 0 Å². The zero-order chi connectivity index (χ0) is 15.4. The van der Waals surface area contributed by atoms with Crippen LogP contribution in [0.25, 0.3) is 10.9 Å². The molecule has 0 radical (unpaired) electrons. The Morgan fingerprint density at radius 2 is 1.95 bits per heavy atom. The van der Waals surface area contributed by atoms with Gasteiger partial charge in [0, 0.05) is 23.7 Å². The van der Waals surface area contributed by atoms with Gasteiger partial charge in [0.2, 0.25) is 0 Å². The lowest BCUT2D eigenvalue weighted by Gasteiger charge is -2.19. The van der Waals surface area contributed by atoms with Crippen molar-refractivity contribution >= 4 is 26.5 Å². The number of benzene rings is 1. The van der Waals surface area contributed by atoms with Crippen LogP contribution < -0.4 is 0 Å². The fraction of sp³-hybridized carbons (Fsp3) is 0.438. The average molecular weight is 304 g/mol. The topological polar surface area (TPSA) is 51.4 Å². The molecule has 0 amide bonds. The van der Waals surface area contributed by atoms with Gasteiger partial charge in [0.05, 0.1) is 22.8 Å². The first-order valence-corrected chi connectivity index (χ1v) is 9.07. The lowest BCUT2D eigenvalue weighted by atomic mass is 10.0. The number of nitrogens with zero attached hydrogens (tertiary/aromatic N) is 2. The molecule has 0 spiro atoms. The van der Waals surface area contributed by atoms with Gasteiger partial charge in [0.1, 0.15) is 0 Å². The first kappa shape index (κ1) is 14.3. The molecule has 1 aliphatic heterocycles. The highest BCUT2D eigenvalue weighted by Gasteiger charge is 2.21. The summed E-state index contributed by atoms with van der Waals surface area (Å²) in [4.78, 5) is 5.06. The van der Waals surface area contributed by atoms with Gasteiger partial charge in [-0.3, -0.25) is 4.99 Å². The van der Waals surface area contributed by atoms with E-state index >= 15 is 0 Å². The Bertz CT molecular complexity index is 858. The summed E-state index contributed by atoms with van der Waals surface area (Å²) in [6, 6.07) is 5.91. The monoisotopic (exact) mass is 304 g/mol. The van der Waals surface area contributed by atoms with Crippen molar-refractivity contribution in [3.8, 4) is 0 Å². The zero-order valence-electron chi connectivity index (χ0n) is 12.8. The highest BCUT2D eigenvalue weighted by Crippen LogP contribution is 2.29. The van der Waals surface area contributed by atoms with Crippen molar-refractivity contribution in [2.75, 3.05) is 12.8 Å². The van der Waals surface area contributed by atoms with Crippen molar-refractivity contribution in [2.24, 2.45) is 10.9 Å². The van der Waals surface area contributed by atoms with Gasteiger partial charge in [0.15, 0.2) is 9.84 Å². The molecule has 21 heavy (non-hydrogen) atoms. The minimum Gasteiger partial charge on any atom is -0.338 e. The summed E-state index contributed by atoms with van der Waals surface area (Å²) in [5.74, 6) is 0.365. The van der Waals surface area contributed by atoms with Gasteiger partial charge < -0.3 is 4.57 Å². The normalized spacial score (nSPS) is 15.4. The molecule has 1 aliphatic rings. The second kappa shape index (κ2) is 4.70. The van der Waals surface area contributed by atoms with Gasteiger partial charge >= 0.3 is 0 Å². The van der Waals surface area contributed by atoms with Gasteiger partial charge in [-0.05, 0) is 36.6 Å². The Balaban J connectivity index is 2.32. The Labute approximate surface area is 125 Å². The van der Waals surface area contributed by atoms with Crippen LogP contribution in [0, 0.1) is 12.8 Å². The van der Waals surface area contributed by atoms with E-state index < -0.39 is 9.84 Å². The summed E-state index contributed by atoms with van der Waals surface area (Å²) >= 11 is 0. The van der Waals surface area contributed by atoms with Crippen molar-refractivity contribution in [3.05, 3.63) is 29.5 Å². The van der Waals surface area contributed by atoms with Crippen molar-refractivity contribution in [3.63, 3.8) is 0 Å². The molecule has 0 saturated carbocycles. The van der Waals surface area contributed by atoms with Crippen LogP contribution >= 0.6 is 0 Å². The van der Waals surface area contributed by atoms with E-state index in [0.717, 1.165) is 41.0 Å². The quantitative estimate of drug-likeness (QED) is 0.856. The predicted octanol–water partition coefficient (Wildman–Crippen LogP) is 2.81. The van der Waals surface area contributed by atoms with Gasteiger partial charge in [-0.25, -0.2) is 8.42 Å². The molecule has 0 unspecified atom stereocenters. The lowest BCUT2D eigenvalue weighted by molar-refractivity contribution is 0.601. The predicted molar refractivity (Wildman–Crippen MR) is 86.0 cm³/mol. The van der Waals surface area contributed by atoms with Gasteiger partial charge in [0.25, 0.3) is 0 Å². The van der Waals surface area contributed by atoms with Gasteiger partial charge in [-0.2, -0.15) is 0 Å². The number of fused-ring (bicyclic) bond motifs is 3. The summed E-state index contributed by atoms with van der Waals surface area (Å²) in [5.41, 5.74) is 4.02. The standard InChI is InChI=1S/C16H20N2O2S/c1-10(2)16-14-8-12-7-11(3)15(21(4,19)20)9-13(12)18(14)6-5-17-16/h7-10H,5-6H2,1-4H3. The van der Waals surface area contributed by atoms with E-state index in [1.54, 1.807) is 0 Å². The number of rotatable bonds is 2. The number of aryl methyl sites for hydroxylation is 1. The maximum atomic E-state index is 11.9. The molecule has 1 aromatic heterocycles. The molecule has 0 atom stereocenters. The maximum absolute atomic E-state index is 11.9. The van der Waals surface area contributed by atoms with E-state index in [1.807, 2.05) is 19.1 Å². The van der Waals surface area contributed by atoms with E-state index in [1.165, 1.54) is 6.26 Å². The highest BCUT2D eigenvalue weighted by atomic mass is 32.2. The van der Waals surface area contributed by atoms with E-state index in [9.17, 15) is 8.42 Å². The minimum absolute atomic E-state index is 0.365. The molecule has 5 heteroatoms. The zero-order valence-corrected chi connectivity index (χ0v) is 13.7. The highest BCUT2D eigenvalue weighted by molar-refractivity contribution is 7.90. The van der Waals surface area contributed by atoms with Gasteiger partial charge in [-0.15, -0.1) is 0 Å². The number of hydrogen-bond donors (Lipinski definition) is 0. The molecule has 0 bridgehead atoms. The van der Waals surface area contributed by atoms with E-state index in [0.29, 0.717) is 10.8 Å². The van der Waals surface area contributed by atoms with E-state index in [4.69, 9.17) is 0 Å². The second-order valence-corrected chi connectivity index (χ2v) is 8.04. The summed E-state index contributed by atoms with van der Waals surface area (Å²) < 4.78 is 26.1.